The van der Waals surface area contributed by atoms with Crippen LogP contribution in [0.3, 0.4) is 0 Å². The monoisotopic (exact) mass is 270 g/mol. The van der Waals surface area contributed by atoms with Gasteiger partial charge in [0.2, 0.25) is 0 Å². The van der Waals surface area contributed by atoms with E-state index in [0.29, 0.717) is 18.6 Å². The number of aromatic nitrogens is 1. The van der Waals surface area contributed by atoms with Gasteiger partial charge in [-0.25, -0.2) is 0 Å². The van der Waals surface area contributed by atoms with Crippen molar-refractivity contribution in [3.63, 3.8) is 0 Å². The second kappa shape index (κ2) is 4.90. The van der Waals surface area contributed by atoms with Gasteiger partial charge >= 0.3 is 0 Å². The number of rotatable bonds is 2. The molecule has 3 heteroatoms. The molecule has 2 aromatic rings. The SMILES string of the molecule is OCC[C@H]1CCN2CCc3c([nH]c4ccccc34)[C@@H]2C1. The first-order valence-electron chi connectivity index (χ1n) is 7.81. The average molecular weight is 270 g/mol. The number of H-pyrrole nitrogens is 1. The summed E-state index contributed by atoms with van der Waals surface area (Å²) in [6, 6.07) is 9.22. The number of aliphatic hydroxyl groups excluding tert-OH is 1. The number of nitrogens with one attached hydrogen (secondary N) is 1. The predicted octanol–water partition coefficient (Wildman–Crippen LogP) is 2.86. The maximum Gasteiger partial charge on any atom is 0.0504 e. The molecule has 2 N–H and O–H groups in total. The lowest BCUT2D eigenvalue weighted by atomic mass is 9.83. The van der Waals surface area contributed by atoms with Crippen LogP contribution in [0.4, 0.5) is 0 Å². The van der Waals surface area contributed by atoms with Crippen LogP contribution in [-0.2, 0) is 6.42 Å². The van der Waals surface area contributed by atoms with E-state index in [2.05, 4.69) is 34.1 Å². The molecule has 1 aromatic heterocycles. The van der Waals surface area contributed by atoms with Crippen molar-refractivity contribution >= 4 is 10.9 Å². The summed E-state index contributed by atoms with van der Waals surface area (Å²) < 4.78 is 0. The quantitative estimate of drug-likeness (QED) is 0.881. The average Bonchev–Trinajstić information content (AvgIpc) is 2.87. The number of hydrogen-bond donors (Lipinski definition) is 2. The van der Waals surface area contributed by atoms with Gasteiger partial charge in [-0.2, -0.15) is 0 Å². The molecular formula is C17H22N2O. The van der Waals surface area contributed by atoms with E-state index in [1.54, 1.807) is 0 Å². The van der Waals surface area contributed by atoms with Crippen LogP contribution in [0, 0.1) is 5.92 Å². The molecule has 1 fully saturated rings. The van der Waals surface area contributed by atoms with Gasteiger partial charge in [0.1, 0.15) is 0 Å². The van der Waals surface area contributed by atoms with Crippen LogP contribution >= 0.6 is 0 Å². The number of hydrogen-bond acceptors (Lipinski definition) is 2. The van der Waals surface area contributed by atoms with Gasteiger partial charge in [-0.1, -0.05) is 18.2 Å². The molecule has 3 nitrogen and oxygen atoms in total. The van der Waals surface area contributed by atoms with Gasteiger partial charge in [-0.3, -0.25) is 4.90 Å². The predicted molar refractivity (Wildman–Crippen MR) is 80.7 cm³/mol. The first-order chi connectivity index (χ1) is 9.86. The molecule has 0 aliphatic carbocycles. The molecule has 1 aromatic carbocycles. The van der Waals surface area contributed by atoms with Crippen molar-refractivity contribution in [2.45, 2.75) is 31.7 Å². The van der Waals surface area contributed by atoms with E-state index in [1.807, 2.05) is 0 Å². The first-order valence-corrected chi connectivity index (χ1v) is 7.81. The van der Waals surface area contributed by atoms with E-state index in [0.717, 1.165) is 6.42 Å². The highest BCUT2D eigenvalue weighted by molar-refractivity contribution is 5.85. The third kappa shape index (κ3) is 1.88. The van der Waals surface area contributed by atoms with E-state index >= 15 is 0 Å². The van der Waals surface area contributed by atoms with Crippen LogP contribution in [0.2, 0.25) is 0 Å². The maximum atomic E-state index is 9.20. The van der Waals surface area contributed by atoms with Crippen LogP contribution in [0.15, 0.2) is 24.3 Å². The first kappa shape index (κ1) is 12.4. The second-order valence-electron chi connectivity index (χ2n) is 6.27. The summed E-state index contributed by atoms with van der Waals surface area (Å²) >= 11 is 0. The Morgan fingerprint density at radius 2 is 2.15 bits per heavy atom. The minimum Gasteiger partial charge on any atom is -0.396 e. The Hall–Kier alpha value is -1.32. The Morgan fingerprint density at radius 1 is 1.25 bits per heavy atom. The molecule has 106 valence electrons. The Bertz CT molecular complexity index is 618. The van der Waals surface area contributed by atoms with Gasteiger partial charge in [0.15, 0.2) is 0 Å². The topological polar surface area (TPSA) is 39.3 Å². The fraction of sp³-hybridized carbons (Fsp3) is 0.529. The molecule has 0 amide bonds. The number of piperidine rings is 1. The number of nitrogens with zero attached hydrogens (tertiary/aromatic N) is 1. The van der Waals surface area contributed by atoms with Gasteiger partial charge in [-0.05, 0) is 49.8 Å². The fourth-order valence-electron chi connectivity index (χ4n) is 4.13. The van der Waals surface area contributed by atoms with Gasteiger partial charge in [0.25, 0.3) is 0 Å². The van der Waals surface area contributed by atoms with Crippen molar-refractivity contribution < 1.29 is 5.11 Å². The molecule has 20 heavy (non-hydrogen) atoms. The Balaban J connectivity index is 1.73. The lowest BCUT2D eigenvalue weighted by molar-refractivity contribution is 0.0888. The smallest absolute Gasteiger partial charge is 0.0504 e. The molecule has 1 saturated heterocycles. The Kier molecular flexibility index (Phi) is 3.04. The Labute approximate surface area is 119 Å². The minimum absolute atomic E-state index is 0.330. The van der Waals surface area contributed by atoms with Crippen molar-refractivity contribution in [2.75, 3.05) is 19.7 Å². The van der Waals surface area contributed by atoms with E-state index in [4.69, 9.17) is 0 Å². The zero-order chi connectivity index (χ0) is 13.5. The summed E-state index contributed by atoms with van der Waals surface area (Å²) in [7, 11) is 0. The van der Waals surface area contributed by atoms with Gasteiger partial charge in [0.05, 0.1) is 6.04 Å². The molecule has 0 unspecified atom stereocenters. The summed E-state index contributed by atoms with van der Waals surface area (Å²) in [5, 5.41) is 10.6. The van der Waals surface area contributed by atoms with E-state index < -0.39 is 0 Å². The fourth-order valence-corrected chi connectivity index (χ4v) is 4.13. The lowest BCUT2D eigenvalue weighted by Crippen LogP contribution is -2.41. The molecule has 0 spiro atoms. The van der Waals surface area contributed by atoms with Crippen LogP contribution in [0.1, 0.15) is 36.6 Å². The summed E-state index contributed by atoms with van der Waals surface area (Å²) in [6.07, 6.45) is 4.56. The third-order valence-corrected chi connectivity index (χ3v) is 5.19. The zero-order valence-electron chi connectivity index (χ0n) is 11.8. The maximum absolute atomic E-state index is 9.20. The van der Waals surface area contributed by atoms with Crippen molar-refractivity contribution in [1.82, 2.24) is 9.88 Å². The molecule has 2 atom stereocenters. The standard InChI is InChI=1S/C17H22N2O/c20-10-7-12-5-8-19-9-6-14-13-3-1-2-4-15(13)18-17(14)16(19)11-12/h1-4,12,16,18,20H,5-11H2/t12-,16+/m1/s1. The van der Waals surface area contributed by atoms with E-state index in [9.17, 15) is 5.11 Å². The largest absolute Gasteiger partial charge is 0.396 e. The summed E-state index contributed by atoms with van der Waals surface area (Å²) in [5.74, 6) is 0.679. The highest BCUT2D eigenvalue weighted by atomic mass is 16.3. The number of benzene rings is 1. The summed E-state index contributed by atoms with van der Waals surface area (Å²) in [4.78, 5) is 6.30. The molecule has 0 bridgehead atoms. The lowest BCUT2D eigenvalue weighted by Gasteiger charge is -2.42. The summed E-state index contributed by atoms with van der Waals surface area (Å²) in [5.41, 5.74) is 4.26. The van der Waals surface area contributed by atoms with E-state index in [-0.39, 0.29) is 0 Å². The van der Waals surface area contributed by atoms with Crippen molar-refractivity contribution in [3.8, 4) is 0 Å². The third-order valence-electron chi connectivity index (χ3n) is 5.19. The molecular weight excluding hydrogens is 248 g/mol. The van der Waals surface area contributed by atoms with Gasteiger partial charge in [-0.15, -0.1) is 0 Å². The number of para-hydroxylation sites is 1. The van der Waals surface area contributed by atoms with Crippen molar-refractivity contribution in [1.29, 1.82) is 0 Å². The zero-order valence-corrected chi connectivity index (χ0v) is 11.8. The number of fused-ring (bicyclic) bond motifs is 5. The molecule has 3 heterocycles. The van der Waals surface area contributed by atoms with Crippen LogP contribution in [-0.4, -0.2) is 34.7 Å². The van der Waals surface area contributed by atoms with Crippen molar-refractivity contribution in [3.05, 3.63) is 35.5 Å². The van der Waals surface area contributed by atoms with Crippen molar-refractivity contribution in [2.24, 2.45) is 5.92 Å². The minimum atomic E-state index is 0.330. The molecule has 4 rings (SSSR count). The highest BCUT2D eigenvalue weighted by Gasteiger charge is 2.35. The van der Waals surface area contributed by atoms with Crippen LogP contribution in [0.5, 0.6) is 0 Å². The normalized spacial score (nSPS) is 26.4. The summed E-state index contributed by atoms with van der Waals surface area (Å²) in [6.45, 7) is 2.70. The van der Waals surface area contributed by atoms with Gasteiger partial charge < -0.3 is 10.1 Å². The van der Waals surface area contributed by atoms with Crippen LogP contribution < -0.4 is 0 Å². The molecule has 0 saturated carbocycles. The molecule has 2 aliphatic heterocycles. The van der Waals surface area contributed by atoms with E-state index in [1.165, 1.54) is 54.5 Å². The van der Waals surface area contributed by atoms with Crippen LogP contribution in [0.25, 0.3) is 10.9 Å². The highest BCUT2D eigenvalue weighted by Crippen LogP contribution is 2.41. The number of aromatic amines is 1. The second-order valence-corrected chi connectivity index (χ2v) is 6.27. The molecule has 0 radical (unpaired) electrons. The molecule has 2 aliphatic rings. The van der Waals surface area contributed by atoms with Gasteiger partial charge in [0, 0.05) is 29.7 Å². The Morgan fingerprint density at radius 3 is 3.05 bits per heavy atom. The number of aliphatic hydroxyl groups is 1.